The van der Waals surface area contributed by atoms with Crippen molar-refractivity contribution in [2.24, 2.45) is 0 Å². The van der Waals surface area contributed by atoms with Gasteiger partial charge in [-0.1, -0.05) is 6.07 Å². The topological polar surface area (TPSA) is 112 Å². The predicted molar refractivity (Wildman–Crippen MR) is 127 cm³/mol. The SMILES string of the molecule is Cc1cc(C(=O)Nc2ccc(C)c(-c3cc4c(ccn4-c4cc(N)ncn4)cn3)c2)c(C)o1. The molecule has 4 aromatic heterocycles. The van der Waals surface area contributed by atoms with Gasteiger partial charge in [0.2, 0.25) is 0 Å². The number of hydrogen-bond acceptors (Lipinski definition) is 6. The highest BCUT2D eigenvalue weighted by atomic mass is 16.3. The highest BCUT2D eigenvalue weighted by molar-refractivity contribution is 6.05. The first-order valence-electron chi connectivity index (χ1n) is 10.4. The van der Waals surface area contributed by atoms with Crippen molar-refractivity contribution >= 4 is 28.3 Å². The average Bonchev–Trinajstić information content (AvgIpc) is 3.37. The summed E-state index contributed by atoms with van der Waals surface area (Å²) < 4.78 is 7.43. The summed E-state index contributed by atoms with van der Waals surface area (Å²) in [4.78, 5) is 25.7. The van der Waals surface area contributed by atoms with Gasteiger partial charge in [0.05, 0.1) is 16.8 Å². The Kier molecular flexibility index (Phi) is 4.90. The number of anilines is 2. The van der Waals surface area contributed by atoms with Crippen molar-refractivity contribution in [2.75, 3.05) is 11.1 Å². The third-order valence-electron chi connectivity index (χ3n) is 5.55. The number of furan rings is 1. The fourth-order valence-electron chi connectivity index (χ4n) is 3.90. The van der Waals surface area contributed by atoms with E-state index in [0.29, 0.717) is 34.4 Å². The van der Waals surface area contributed by atoms with E-state index in [1.807, 2.05) is 61.1 Å². The van der Waals surface area contributed by atoms with Crippen molar-refractivity contribution in [1.29, 1.82) is 0 Å². The Bertz CT molecular complexity index is 1510. The number of nitrogens with two attached hydrogens (primary N) is 1. The number of pyridine rings is 1. The Morgan fingerprint density at radius 2 is 1.88 bits per heavy atom. The maximum atomic E-state index is 12.7. The van der Waals surface area contributed by atoms with E-state index < -0.39 is 0 Å². The number of fused-ring (bicyclic) bond motifs is 1. The van der Waals surface area contributed by atoms with Gasteiger partial charge in [-0.3, -0.25) is 9.78 Å². The highest BCUT2D eigenvalue weighted by Crippen LogP contribution is 2.29. The highest BCUT2D eigenvalue weighted by Gasteiger charge is 2.15. The van der Waals surface area contributed by atoms with Crippen molar-refractivity contribution in [2.45, 2.75) is 20.8 Å². The molecule has 0 aliphatic carbocycles. The number of nitrogen functional groups attached to an aromatic ring is 1. The second-order valence-electron chi connectivity index (χ2n) is 7.93. The molecule has 0 radical (unpaired) electrons. The molecule has 33 heavy (non-hydrogen) atoms. The number of carbonyl (C=O) groups excluding carboxylic acids is 1. The average molecular weight is 438 g/mol. The van der Waals surface area contributed by atoms with Crippen LogP contribution < -0.4 is 11.1 Å². The van der Waals surface area contributed by atoms with Gasteiger partial charge in [0.15, 0.2) is 0 Å². The number of benzene rings is 1. The lowest BCUT2D eigenvalue weighted by atomic mass is 10.0. The van der Waals surface area contributed by atoms with Gasteiger partial charge in [-0.15, -0.1) is 0 Å². The molecular weight excluding hydrogens is 416 g/mol. The molecule has 5 rings (SSSR count). The van der Waals surface area contributed by atoms with Gasteiger partial charge in [-0.05, 0) is 56.7 Å². The molecule has 5 aromatic rings. The number of aromatic nitrogens is 4. The molecular formula is C25H22N6O2. The monoisotopic (exact) mass is 438 g/mol. The van der Waals surface area contributed by atoms with E-state index in [0.717, 1.165) is 27.7 Å². The largest absolute Gasteiger partial charge is 0.466 e. The van der Waals surface area contributed by atoms with Crippen LogP contribution in [0.25, 0.3) is 28.0 Å². The van der Waals surface area contributed by atoms with Gasteiger partial charge >= 0.3 is 0 Å². The summed E-state index contributed by atoms with van der Waals surface area (Å²) in [5.41, 5.74) is 10.7. The minimum Gasteiger partial charge on any atom is -0.466 e. The van der Waals surface area contributed by atoms with Crippen molar-refractivity contribution in [3.05, 3.63) is 83.8 Å². The number of nitrogens with one attached hydrogen (secondary N) is 1. The maximum absolute atomic E-state index is 12.7. The summed E-state index contributed by atoms with van der Waals surface area (Å²) in [7, 11) is 0. The molecule has 1 aromatic carbocycles. The van der Waals surface area contributed by atoms with Gasteiger partial charge in [-0.25, -0.2) is 9.97 Å². The van der Waals surface area contributed by atoms with Crippen LogP contribution in [-0.2, 0) is 0 Å². The van der Waals surface area contributed by atoms with E-state index in [2.05, 4.69) is 20.3 Å². The number of aryl methyl sites for hydroxylation is 3. The van der Waals surface area contributed by atoms with E-state index in [1.165, 1.54) is 6.33 Å². The van der Waals surface area contributed by atoms with Crippen molar-refractivity contribution in [3.63, 3.8) is 0 Å². The molecule has 0 aliphatic heterocycles. The summed E-state index contributed by atoms with van der Waals surface area (Å²) in [5.74, 6) is 2.16. The number of rotatable bonds is 4. The van der Waals surface area contributed by atoms with E-state index >= 15 is 0 Å². The zero-order valence-electron chi connectivity index (χ0n) is 18.5. The number of hydrogen-bond donors (Lipinski definition) is 2. The zero-order chi connectivity index (χ0) is 23.1. The molecule has 4 heterocycles. The van der Waals surface area contributed by atoms with Crippen molar-refractivity contribution in [3.8, 4) is 17.1 Å². The number of carbonyl (C=O) groups is 1. The van der Waals surface area contributed by atoms with E-state index in [4.69, 9.17) is 10.2 Å². The first kappa shape index (κ1) is 20.4. The standard InChI is InChI=1S/C25H22N6O2/c1-14-4-5-18(30-25(32)20-8-15(2)33-16(20)3)9-19(14)21-10-22-17(12-27-21)6-7-31(22)24-11-23(26)28-13-29-24/h4-13H,1-3H3,(H,30,32)(H2,26,28,29). The predicted octanol–water partition coefficient (Wildman–Crippen LogP) is 4.84. The smallest absolute Gasteiger partial charge is 0.259 e. The van der Waals surface area contributed by atoms with Gasteiger partial charge < -0.3 is 20.0 Å². The quantitative estimate of drug-likeness (QED) is 0.415. The normalized spacial score (nSPS) is 11.1. The third kappa shape index (κ3) is 3.82. The zero-order valence-corrected chi connectivity index (χ0v) is 18.5. The van der Waals surface area contributed by atoms with Gasteiger partial charge in [0, 0.05) is 35.1 Å². The van der Waals surface area contributed by atoms with Crippen LogP contribution in [0.3, 0.4) is 0 Å². The summed E-state index contributed by atoms with van der Waals surface area (Å²) >= 11 is 0. The third-order valence-corrected chi connectivity index (χ3v) is 5.55. The van der Waals surface area contributed by atoms with Gasteiger partial charge in [0.25, 0.3) is 5.91 Å². The molecule has 0 saturated heterocycles. The fourth-order valence-corrected chi connectivity index (χ4v) is 3.90. The molecule has 8 nitrogen and oxygen atoms in total. The minimum absolute atomic E-state index is 0.210. The van der Waals surface area contributed by atoms with Crippen LogP contribution in [0.4, 0.5) is 11.5 Å². The van der Waals surface area contributed by atoms with Crippen LogP contribution in [0.15, 0.2) is 65.6 Å². The molecule has 0 fully saturated rings. The molecule has 8 heteroatoms. The lowest BCUT2D eigenvalue weighted by Gasteiger charge is -2.11. The summed E-state index contributed by atoms with van der Waals surface area (Å²) in [6.07, 6.45) is 5.20. The van der Waals surface area contributed by atoms with Crippen molar-refractivity contribution < 1.29 is 9.21 Å². The number of amides is 1. The van der Waals surface area contributed by atoms with Crippen LogP contribution in [0.1, 0.15) is 27.4 Å². The second kappa shape index (κ2) is 7.90. The molecule has 0 aliphatic rings. The molecule has 0 bridgehead atoms. The molecule has 3 N–H and O–H groups in total. The molecule has 164 valence electrons. The summed E-state index contributed by atoms with van der Waals surface area (Å²) in [6, 6.07) is 13.2. The van der Waals surface area contributed by atoms with Crippen LogP contribution in [0.5, 0.6) is 0 Å². The lowest BCUT2D eigenvalue weighted by molar-refractivity contribution is 0.102. The maximum Gasteiger partial charge on any atom is 0.259 e. The van der Waals surface area contributed by atoms with E-state index in [-0.39, 0.29) is 5.91 Å². The molecule has 0 spiro atoms. The first-order valence-corrected chi connectivity index (χ1v) is 10.4. The van der Waals surface area contributed by atoms with Crippen molar-refractivity contribution in [1.82, 2.24) is 19.5 Å². The van der Waals surface area contributed by atoms with Crippen LogP contribution in [0.2, 0.25) is 0 Å². The Labute approximate surface area is 190 Å². The fraction of sp³-hybridized carbons (Fsp3) is 0.120. The Morgan fingerprint density at radius 3 is 2.64 bits per heavy atom. The van der Waals surface area contributed by atoms with Crippen LogP contribution in [-0.4, -0.2) is 25.4 Å². The molecule has 0 unspecified atom stereocenters. The Morgan fingerprint density at radius 1 is 1.03 bits per heavy atom. The summed E-state index contributed by atoms with van der Waals surface area (Å²) in [6.45, 7) is 5.61. The first-order chi connectivity index (χ1) is 15.9. The Hall–Kier alpha value is -4.46. The lowest BCUT2D eigenvalue weighted by Crippen LogP contribution is -2.12. The molecule has 0 atom stereocenters. The minimum atomic E-state index is -0.210. The van der Waals surface area contributed by atoms with Crippen LogP contribution >= 0.6 is 0 Å². The van der Waals surface area contributed by atoms with E-state index in [9.17, 15) is 4.79 Å². The molecule has 1 amide bonds. The Balaban J connectivity index is 1.52. The second-order valence-corrected chi connectivity index (χ2v) is 7.93. The van der Waals surface area contributed by atoms with Crippen LogP contribution in [0, 0.1) is 20.8 Å². The van der Waals surface area contributed by atoms with Gasteiger partial charge in [-0.2, -0.15) is 0 Å². The van der Waals surface area contributed by atoms with Gasteiger partial charge in [0.1, 0.15) is 29.5 Å². The van der Waals surface area contributed by atoms with E-state index in [1.54, 1.807) is 19.1 Å². The number of nitrogens with zero attached hydrogens (tertiary/aromatic N) is 4. The molecule has 0 saturated carbocycles. The summed E-state index contributed by atoms with van der Waals surface area (Å²) in [5, 5.41) is 3.94.